The minimum Gasteiger partial charge on any atom is -0.507 e. The number of amides is 1. The number of anilines is 1. The maximum atomic E-state index is 12.6. The Kier molecular flexibility index (Phi) is 6.20. The Hall–Kier alpha value is -2.82. The van der Waals surface area contributed by atoms with E-state index in [1.54, 1.807) is 31.3 Å². The summed E-state index contributed by atoms with van der Waals surface area (Å²) in [6, 6.07) is 8.75. The molecule has 2 aromatic carbocycles. The zero-order valence-corrected chi connectivity index (χ0v) is 18.5. The molecule has 3 rings (SSSR count). The lowest BCUT2D eigenvalue weighted by Gasteiger charge is -2.26. The number of rotatable bonds is 7. The average molecular weight is 410 g/mol. The zero-order valence-electron chi connectivity index (χ0n) is 18.5. The van der Waals surface area contributed by atoms with Gasteiger partial charge in [-0.25, -0.2) is 4.79 Å². The normalized spacial score (nSPS) is 11.9. The van der Waals surface area contributed by atoms with Crippen molar-refractivity contribution in [3.63, 3.8) is 0 Å². The summed E-state index contributed by atoms with van der Waals surface area (Å²) in [5, 5.41) is 12.4. The Balaban J connectivity index is 2.14. The molecule has 30 heavy (non-hydrogen) atoms. The Bertz CT molecular complexity index is 1140. The van der Waals surface area contributed by atoms with Crippen LogP contribution in [0.4, 0.5) is 5.69 Å². The maximum absolute atomic E-state index is 12.6. The number of phenolic OH excluding ortho intramolecular Hbond substituents is 1. The molecule has 0 saturated heterocycles. The van der Waals surface area contributed by atoms with Gasteiger partial charge in [-0.1, -0.05) is 46.5 Å². The van der Waals surface area contributed by atoms with Crippen LogP contribution in [0.1, 0.15) is 65.4 Å². The molecule has 1 aromatic heterocycles. The second kappa shape index (κ2) is 8.50. The standard InChI is InChI=1S/C25H31NO4/c1-6-7-8-9-12-25(3,4)17-13-21(28)23-20-15-18(26(5)16(2)27)10-11-19(20)24(29)30-22(23)14-17/h10-11,13-15,28H,6-9,12H2,1-5H3. The number of carbonyl (C=O) groups excluding carboxylic acids is 1. The van der Waals surface area contributed by atoms with Gasteiger partial charge in [-0.05, 0) is 47.7 Å². The predicted molar refractivity (Wildman–Crippen MR) is 123 cm³/mol. The molecule has 1 heterocycles. The van der Waals surface area contributed by atoms with Crippen molar-refractivity contribution in [3.05, 3.63) is 46.3 Å². The van der Waals surface area contributed by atoms with Gasteiger partial charge in [0.1, 0.15) is 11.3 Å². The minimum absolute atomic E-state index is 0.0838. The van der Waals surface area contributed by atoms with Crippen LogP contribution in [-0.4, -0.2) is 18.1 Å². The number of phenols is 1. The molecule has 3 aromatic rings. The highest BCUT2D eigenvalue weighted by Crippen LogP contribution is 2.38. The number of benzene rings is 2. The number of carbonyl (C=O) groups is 1. The van der Waals surface area contributed by atoms with Gasteiger partial charge in [0.15, 0.2) is 0 Å². The molecule has 0 atom stereocenters. The van der Waals surface area contributed by atoms with Gasteiger partial charge in [-0.2, -0.15) is 0 Å². The summed E-state index contributed by atoms with van der Waals surface area (Å²) in [6.45, 7) is 7.98. The number of unbranched alkanes of at least 4 members (excludes halogenated alkanes) is 3. The van der Waals surface area contributed by atoms with Crippen molar-refractivity contribution in [2.75, 3.05) is 11.9 Å². The molecular weight excluding hydrogens is 378 g/mol. The molecule has 0 bridgehead atoms. The lowest BCUT2D eigenvalue weighted by Crippen LogP contribution is -2.22. The summed E-state index contributed by atoms with van der Waals surface area (Å²) < 4.78 is 5.59. The number of fused-ring (bicyclic) bond motifs is 3. The fraction of sp³-hybridized carbons (Fsp3) is 0.440. The summed E-state index contributed by atoms with van der Waals surface area (Å²) in [5.74, 6) is -0.0292. The van der Waals surface area contributed by atoms with Crippen molar-refractivity contribution in [2.24, 2.45) is 0 Å². The van der Waals surface area contributed by atoms with Crippen LogP contribution in [-0.2, 0) is 10.2 Å². The Labute approximate surface area is 177 Å². The van der Waals surface area contributed by atoms with Gasteiger partial charge in [0.2, 0.25) is 5.91 Å². The Morgan fingerprint density at radius 1 is 1.10 bits per heavy atom. The van der Waals surface area contributed by atoms with Gasteiger partial charge in [-0.15, -0.1) is 0 Å². The van der Waals surface area contributed by atoms with E-state index >= 15 is 0 Å². The van der Waals surface area contributed by atoms with E-state index in [9.17, 15) is 14.7 Å². The van der Waals surface area contributed by atoms with E-state index in [0.717, 1.165) is 18.4 Å². The molecule has 1 amide bonds. The molecule has 0 aliphatic heterocycles. The van der Waals surface area contributed by atoms with Crippen LogP contribution in [0.3, 0.4) is 0 Å². The van der Waals surface area contributed by atoms with E-state index in [4.69, 9.17) is 4.42 Å². The van der Waals surface area contributed by atoms with Crippen LogP contribution in [0.25, 0.3) is 21.7 Å². The average Bonchev–Trinajstić information content (AvgIpc) is 2.69. The Morgan fingerprint density at radius 2 is 1.83 bits per heavy atom. The topological polar surface area (TPSA) is 70.8 Å². The van der Waals surface area contributed by atoms with Gasteiger partial charge in [-0.3, -0.25) is 4.79 Å². The third kappa shape index (κ3) is 4.20. The van der Waals surface area contributed by atoms with E-state index in [1.807, 2.05) is 6.07 Å². The van der Waals surface area contributed by atoms with Crippen molar-refractivity contribution in [1.29, 1.82) is 0 Å². The highest BCUT2D eigenvalue weighted by Gasteiger charge is 2.23. The fourth-order valence-corrected chi connectivity index (χ4v) is 3.94. The molecule has 0 radical (unpaired) electrons. The summed E-state index contributed by atoms with van der Waals surface area (Å²) >= 11 is 0. The highest BCUT2D eigenvalue weighted by molar-refractivity contribution is 6.09. The van der Waals surface area contributed by atoms with E-state index in [1.165, 1.54) is 31.1 Å². The molecule has 0 aliphatic carbocycles. The largest absolute Gasteiger partial charge is 0.507 e. The van der Waals surface area contributed by atoms with Gasteiger partial charge in [0, 0.05) is 25.0 Å². The molecule has 0 fully saturated rings. The van der Waals surface area contributed by atoms with Crippen LogP contribution in [0.5, 0.6) is 5.75 Å². The third-order valence-corrected chi connectivity index (χ3v) is 6.07. The lowest BCUT2D eigenvalue weighted by atomic mass is 9.79. The first-order valence-corrected chi connectivity index (χ1v) is 10.6. The molecule has 1 N–H and O–H groups in total. The van der Waals surface area contributed by atoms with E-state index in [2.05, 4.69) is 20.8 Å². The molecule has 0 saturated carbocycles. The maximum Gasteiger partial charge on any atom is 0.344 e. The number of aromatic hydroxyl groups is 1. The van der Waals surface area contributed by atoms with E-state index in [-0.39, 0.29) is 17.1 Å². The number of hydrogen-bond donors (Lipinski definition) is 1. The highest BCUT2D eigenvalue weighted by atomic mass is 16.4. The first-order valence-electron chi connectivity index (χ1n) is 10.6. The quantitative estimate of drug-likeness (QED) is 0.300. The SMILES string of the molecule is CCCCCCC(C)(C)c1cc(O)c2c(c1)oc(=O)c1ccc(N(C)C(C)=O)cc12. The second-order valence-corrected chi connectivity index (χ2v) is 8.76. The van der Waals surface area contributed by atoms with Gasteiger partial charge >= 0.3 is 5.63 Å². The molecule has 5 heteroatoms. The van der Waals surface area contributed by atoms with Crippen molar-refractivity contribution in [2.45, 2.75) is 65.2 Å². The van der Waals surface area contributed by atoms with Crippen molar-refractivity contribution in [1.82, 2.24) is 0 Å². The van der Waals surface area contributed by atoms with Crippen LogP contribution in [0.2, 0.25) is 0 Å². The van der Waals surface area contributed by atoms with Crippen LogP contribution >= 0.6 is 0 Å². The van der Waals surface area contributed by atoms with Crippen molar-refractivity contribution >= 4 is 33.3 Å². The first-order chi connectivity index (χ1) is 14.2. The summed E-state index contributed by atoms with van der Waals surface area (Å²) in [7, 11) is 1.68. The van der Waals surface area contributed by atoms with Gasteiger partial charge in [0.05, 0.1) is 10.8 Å². The minimum atomic E-state index is -0.452. The summed E-state index contributed by atoms with van der Waals surface area (Å²) in [4.78, 5) is 25.9. The number of nitrogens with zero attached hydrogens (tertiary/aromatic N) is 1. The first kappa shape index (κ1) is 21.9. The predicted octanol–water partition coefficient (Wildman–Crippen LogP) is 5.88. The molecular formula is C25H31NO4. The van der Waals surface area contributed by atoms with Crippen molar-refractivity contribution < 1.29 is 14.3 Å². The zero-order chi connectivity index (χ0) is 22.1. The summed E-state index contributed by atoms with van der Waals surface area (Å²) in [5.41, 5.74) is 1.37. The molecule has 0 aliphatic rings. The molecule has 5 nitrogen and oxygen atoms in total. The summed E-state index contributed by atoms with van der Waals surface area (Å²) in [6.07, 6.45) is 5.70. The van der Waals surface area contributed by atoms with E-state index in [0.29, 0.717) is 27.4 Å². The van der Waals surface area contributed by atoms with Crippen molar-refractivity contribution in [3.8, 4) is 5.75 Å². The number of hydrogen-bond acceptors (Lipinski definition) is 4. The van der Waals surface area contributed by atoms with Crippen LogP contribution in [0, 0.1) is 0 Å². The molecule has 160 valence electrons. The molecule has 0 unspecified atom stereocenters. The van der Waals surface area contributed by atoms with Gasteiger partial charge < -0.3 is 14.4 Å². The monoisotopic (exact) mass is 409 g/mol. The third-order valence-electron chi connectivity index (χ3n) is 6.07. The van der Waals surface area contributed by atoms with E-state index < -0.39 is 5.63 Å². The molecule has 0 spiro atoms. The van der Waals surface area contributed by atoms with Gasteiger partial charge in [0.25, 0.3) is 0 Å². The smallest absolute Gasteiger partial charge is 0.344 e. The second-order valence-electron chi connectivity index (χ2n) is 8.76. The lowest BCUT2D eigenvalue weighted by molar-refractivity contribution is -0.116. The van der Waals surface area contributed by atoms with Crippen LogP contribution < -0.4 is 10.5 Å². The van der Waals surface area contributed by atoms with Crippen LogP contribution in [0.15, 0.2) is 39.5 Å². The fourth-order valence-electron chi connectivity index (χ4n) is 3.94. The Morgan fingerprint density at radius 3 is 2.50 bits per heavy atom.